The first kappa shape index (κ1) is 17.1. The van der Waals surface area contributed by atoms with Crippen LogP contribution in [0.5, 0.6) is 5.75 Å². The van der Waals surface area contributed by atoms with Crippen molar-refractivity contribution in [3.63, 3.8) is 0 Å². The zero-order valence-corrected chi connectivity index (χ0v) is 14.2. The smallest absolute Gasteiger partial charge is 0.260 e. The van der Waals surface area contributed by atoms with Crippen LogP contribution in [0, 0.1) is 25.7 Å². The van der Waals surface area contributed by atoms with Gasteiger partial charge < -0.3 is 15.4 Å². The Hall–Kier alpha value is -1.27. The van der Waals surface area contributed by atoms with Gasteiger partial charge in [0.1, 0.15) is 5.69 Å². The van der Waals surface area contributed by atoms with E-state index in [0.29, 0.717) is 11.8 Å². The number of halogens is 1. The molecule has 1 aliphatic carbocycles. The molecule has 1 aliphatic heterocycles. The first-order valence-corrected chi connectivity index (χ1v) is 7.63. The van der Waals surface area contributed by atoms with Crippen molar-refractivity contribution in [2.24, 2.45) is 24.6 Å². The number of amides is 1. The van der Waals surface area contributed by atoms with Gasteiger partial charge in [-0.15, -0.1) is 12.4 Å². The number of likely N-dealkylation sites (tertiary alicyclic amines) is 1. The second kappa shape index (κ2) is 6.46. The first-order chi connectivity index (χ1) is 9.97. The highest BCUT2D eigenvalue weighted by molar-refractivity contribution is 5.85. The minimum atomic E-state index is 0. The van der Waals surface area contributed by atoms with Gasteiger partial charge in [-0.25, -0.2) is 0 Å². The fourth-order valence-corrected chi connectivity index (χ4v) is 3.70. The summed E-state index contributed by atoms with van der Waals surface area (Å²) in [5.41, 5.74) is 7.88. The van der Waals surface area contributed by atoms with E-state index in [9.17, 15) is 4.79 Å². The maximum atomic E-state index is 12.3. The van der Waals surface area contributed by atoms with Crippen molar-refractivity contribution in [3.8, 4) is 5.75 Å². The topological polar surface area (TPSA) is 73.4 Å². The lowest BCUT2D eigenvalue weighted by atomic mass is 9.98. The third-order valence-corrected chi connectivity index (χ3v) is 5.05. The molecule has 3 atom stereocenters. The maximum Gasteiger partial charge on any atom is 0.260 e. The van der Waals surface area contributed by atoms with E-state index in [1.54, 1.807) is 4.68 Å². The lowest BCUT2D eigenvalue weighted by molar-refractivity contribution is -0.132. The van der Waals surface area contributed by atoms with E-state index in [1.807, 2.05) is 25.8 Å². The second-order valence-corrected chi connectivity index (χ2v) is 6.38. The quantitative estimate of drug-likeness (QED) is 0.899. The molecule has 1 saturated carbocycles. The monoisotopic (exact) mass is 328 g/mol. The molecule has 2 fully saturated rings. The summed E-state index contributed by atoms with van der Waals surface area (Å²) in [5.74, 6) is 1.85. The molecule has 0 bridgehead atoms. The molecule has 22 heavy (non-hydrogen) atoms. The van der Waals surface area contributed by atoms with Crippen molar-refractivity contribution in [1.29, 1.82) is 0 Å². The third-order valence-electron chi connectivity index (χ3n) is 5.05. The van der Waals surface area contributed by atoms with E-state index in [-0.39, 0.29) is 31.0 Å². The Kier molecular flexibility index (Phi) is 5.02. The minimum absolute atomic E-state index is 0. The molecule has 1 amide bonds. The Balaban J connectivity index is 0.00000176. The highest BCUT2D eigenvalue weighted by atomic mass is 35.5. The van der Waals surface area contributed by atoms with E-state index < -0.39 is 0 Å². The summed E-state index contributed by atoms with van der Waals surface area (Å²) in [6.07, 6.45) is 2.25. The summed E-state index contributed by atoms with van der Waals surface area (Å²) in [6.45, 7) is 5.55. The summed E-state index contributed by atoms with van der Waals surface area (Å²) >= 11 is 0. The highest BCUT2D eigenvalue weighted by Gasteiger charge is 2.42. The van der Waals surface area contributed by atoms with E-state index in [2.05, 4.69) is 5.10 Å². The first-order valence-electron chi connectivity index (χ1n) is 7.63. The van der Waals surface area contributed by atoms with Crippen LogP contribution >= 0.6 is 12.4 Å². The number of nitrogens with zero attached hydrogens (tertiary/aromatic N) is 3. The van der Waals surface area contributed by atoms with Crippen molar-refractivity contribution in [3.05, 3.63) is 11.4 Å². The molecule has 2 aliphatic rings. The maximum absolute atomic E-state index is 12.3. The molecule has 1 saturated heterocycles. The molecule has 124 valence electrons. The molecule has 0 spiro atoms. The Morgan fingerprint density at radius 2 is 2.09 bits per heavy atom. The molecule has 2 N–H and O–H groups in total. The van der Waals surface area contributed by atoms with E-state index in [0.717, 1.165) is 43.1 Å². The molecular weight excluding hydrogens is 304 g/mol. The number of nitrogens with two attached hydrogens (primary N) is 1. The number of aromatic nitrogens is 2. The number of rotatable bonds is 3. The van der Waals surface area contributed by atoms with Crippen molar-refractivity contribution in [1.82, 2.24) is 14.7 Å². The van der Waals surface area contributed by atoms with Gasteiger partial charge in [-0.05, 0) is 38.5 Å². The lowest BCUT2D eigenvalue weighted by Crippen LogP contribution is -2.36. The Labute approximate surface area is 137 Å². The minimum Gasteiger partial charge on any atom is -0.480 e. The van der Waals surface area contributed by atoms with Gasteiger partial charge >= 0.3 is 0 Å². The van der Waals surface area contributed by atoms with Gasteiger partial charge in [0.15, 0.2) is 12.4 Å². The number of aryl methyl sites for hydroxylation is 2. The van der Waals surface area contributed by atoms with Gasteiger partial charge in [0, 0.05) is 26.2 Å². The van der Waals surface area contributed by atoms with Crippen molar-refractivity contribution in [2.75, 3.05) is 19.7 Å². The summed E-state index contributed by atoms with van der Waals surface area (Å²) in [6, 6.07) is 0.261. The van der Waals surface area contributed by atoms with Crippen molar-refractivity contribution >= 4 is 18.3 Å². The van der Waals surface area contributed by atoms with Crippen LogP contribution in [-0.4, -0.2) is 46.3 Å². The molecular formula is C15H25ClN4O2. The normalized spacial score (nSPS) is 26.7. The number of hydrogen-bond donors (Lipinski definition) is 1. The van der Waals surface area contributed by atoms with Gasteiger partial charge in [-0.2, -0.15) is 5.10 Å². The van der Waals surface area contributed by atoms with Crippen LogP contribution < -0.4 is 10.5 Å². The van der Waals surface area contributed by atoms with Gasteiger partial charge in [-0.1, -0.05) is 0 Å². The molecule has 1 aromatic rings. The van der Waals surface area contributed by atoms with Crippen molar-refractivity contribution < 1.29 is 9.53 Å². The second-order valence-electron chi connectivity index (χ2n) is 6.38. The van der Waals surface area contributed by atoms with Crippen LogP contribution in [0.25, 0.3) is 0 Å². The molecule has 7 heteroatoms. The Morgan fingerprint density at radius 1 is 1.36 bits per heavy atom. The fraction of sp³-hybridized carbons (Fsp3) is 0.733. The summed E-state index contributed by atoms with van der Waals surface area (Å²) in [7, 11) is 1.88. The van der Waals surface area contributed by atoms with Gasteiger partial charge in [-0.3, -0.25) is 9.48 Å². The predicted molar refractivity (Wildman–Crippen MR) is 86.2 cm³/mol. The lowest BCUT2D eigenvalue weighted by Gasteiger charge is -2.19. The zero-order valence-electron chi connectivity index (χ0n) is 13.4. The van der Waals surface area contributed by atoms with Crippen LogP contribution in [0.1, 0.15) is 24.2 Å². The van der Waals surface area contributed by atoms with Gasteiger partial charge in [0.05, 0.1) is 5.69 Å². The zero-order chi connectivity index (χ0) is 15.1. The molecule has 1 aromatic heterocycles. The molecule has 6 nitrogen and oxygen atoms in total. The number of hydrogen-bond acceptors (Lipinski definition) is 4. The average Bonchev–Trinajstić information content (AvgIpc) is 3.07. The highest BCUT2D eigenvalue weighted by Crippen LogP contribution is 2.37. The number of carbonyl (C=O) groups is 1. The number of ether oxygens (including phenoxy) is 1. The predicted octanol–water partition coefficient (Wildman–Crippen LogP) is 1.03. The standard InChI is InChI=1S/C15H24N4O2.ClH/c1-9-15(10(2)18(3)17-9)21-8-14(20)19-6-11-4-5-13(16)12(11)7-19;/h11-13H,4-8,16H2,1-3H3;1H. The summed E-state index contributed by atoms with van der Waals surface area (Å²) < 4.78 is 7.48. The van der Waals surface area contributed by atoms with Crippen LogP contribution in [0.4, 0.5) is 0 Å². The molecule has 2 heterocycles. The number of fused-ring (bicyclic) bond motifs is 1. The SMILES string of the molecule is Cc1nn(C)c(C)c1OCC(=O)N1CC2CCC(N)C2C1.Cl. The van der Waals surface area contributed by atoms with Crippen LogP contribution in [0.2, 0.25) is 0 Å². The number of carbonyl (C=O) groups excluding carboxylic acids is 1. The molecule has 0 radical (unpaired) electrons. The van der Waals surface area contributed by atoms with E-state index in [4.69, 9.17) is 10.5 Å². The van der Waals surface area contributed by atoms with Gasteiger partial charge in [0.2, 0.25) is 0 Å². The van der Waals surface area contributed by atoms with E-state index >= 15 is 0 Å². The molecule has 3 rings (SSSR count). The van der Waals surface area contributed by atoms with E-state index in [1.165, 1.54) is 0 Å². The largest absolute Gasteiger partial charge is 0.480 e. The summed E-state index contributed by atoms with van der Waals surface area (Å²) in [4.78, 5) is 14.2. The Morgan fingerprint density at radius 3 is 2.68 bits per heavy atom. The Bertz CT molecular complexity index is 560. The fourth-order valence-electron chi connectivity index (χ4n) is 3.70. The molecule has 3 unspecified atom stereocenters. The van der Waals surface area contributed by atoms with Crippen LogP contribution in [0.3, 0.4) is 0 Å². The van der Waals surface area contributed by atoms with Crippen LogP contribution in [-0.2, 0) is 11.8 Å². The van der Waals surface area contributed by atoms with Crippen molar-refractivity contribution in [2.45, 2.75) is 32.7 Å². The molecule has 0 aromatic carbocycles. The van der Waals surface area contributed by atoms with Gasteiger partial charge in [0.25, 0.3) is 5.91 Å². The van der Waals surface area contributed by atoms with Crippen LogP contribution in [0.15, 0.2) is 0 Å². The third kappa shape index (κ3) is 2.94. The average molecular weight is 329 g/mol. The summed E-state index contributed by atoms with van der Waals surface area (Å²) in [5, 5.41) is 4.29.